The van der Waals surface area contributed by atoms with Crippen molar-refractivity contribution < 1.29 is 14.3 Å². The average molecular weight is 339 g/mol. The van der Waals surface area contributed by atoms with E-state index in [0.717, 1.165) is 27.7 Å². The van der Waals surface area contributed by atoms with Crippen LogP contribution in [0, 0.1) is 13.8 Å². The first-order valence-corrected chi connectivity index (χ1v) is 7.90. The maximum atomic E-state index is 11.2. The summed E-state index contributed by atoms with van der Waals surface area (Å²) in [6, 6.07) is 12.0. The highest BCUT2D eigenvalue weighted by atomic mass is 16.5. The summed E-state index contributed by atoms with van der Waals surface area (Å²) >= 11 is 0. The number of nitrogens with one attached hydrogen (secondary N) is 3. The summed E-state index contributed by atoms with van der Waals surface area (Å²) in [6.45, 7) is 4.13. The predicted molar refractivity (Wildman–Crippen MR) is 98.9 cm³/mol. The minimum Gasteiger partial charge on any atom is -0.496 e. The molecule has 130 valence electrons. The highest BCUT2D eigenvalue weighted by Gasteiger charge is 2.15. The molecular formula is C19H21N3O3. The fourth-order valence-corrected chi connectivity index (χ4v) is 2.94. The van der Waals surface area contributed by atoms with E-state index in [1.54, 1.807) is 7.11 Å². The lowest BCUT2D eigenvalue weighted by atomic mass is 10.00. The molecule has 2 aromatic carbocycles. The van der Waals surface area contributed by atoms with Crippen molar-refractivity contribution >= 4 is 22.7 Å². The molecule has 6 heteroatoms. The van der Waals surface area contributed by atoms with Crippen molar-refractivity contribution in [3.8, 4) is 16.9 Å². The number of aromatic nitrogens is 1. The van der Waals surface area contributed by atoms with Gasteiger partial charge in [0.15, 0.2) is 0 Å². The Labute approximate surface area is 146 Å². The molecule has 0 aliphatic rings. The number of ether oxygens (including phenoxy) is 2. The monoisotopic (exact) mass is 339 g/mol. The lowest BCUT2D eigenvalue weighted by molar-refractivity contribution is 0.173. The predicted octanol–water partition coefficient (Wildman–Crippen LogP) is 4.14. The van der Waals surface area contributed by atoms with E-state index in [1.807, 2.05) is 18.2 Å². The highest BCUT2D eigenvalue weighted by molar-refractivity contribution is 5.99. The fraction of sp³-hybridized carbons (Fsp3) is 0.211. The number of H-pyrrole nitrogens is 1. The van der Waals surface area contributed by atoms with Crippen molar-refractivity contribution in [1.82, 2.24) is 10.4 Å². The lowest BCUT2D eigenvalue weighted by Crippen LogP contribution is -2.28. The molecule has 3 aromatic rings. The van der Waals surface area contributed by atoms with Crippen molar-refractivity contribution in [2.75, 3.05) is 19.6 Å². The number of carbonyl (C=O) groups excluding carboxylic acids is 1. The molecule has 3 N–H and O–H groups in total. The molecule has 0 aliphatic carbocycles. The third kappa shape index (κ3) is 3.24. The number of hydrogen-bond acceptors (Lipinski definition) is 4. The molecule has 0 fully saturated rings. The van der Waals surface area contributed by atoms with Crippen LogP contribution < -0.4 is 15.6 Å². The second-order valence-electron chi connectivity index (χ2n) is 5.83. The number of rotatable bonds is 4. The lowest BCUT2D eigenvalue weighted by Gasteiger charge is -2.13. The van der Waals surface area contributed by atoms with Gasteiger partial charge in [-0.2, -0.15) is 0 Å². The van der Waals surface area contributed by atoms with Crippen molar-refractivity contribution in [2.24, 2.45) is 0 Å². The van der Waals surface area contributed by atoms with E-state index in [2.05, 4.69) is 52.6 Å². The second-order valence-corrected chi connectivity index (χ2v) is 5.83. The van der Waals surface area contributed by atoms with Crippen LogP contribution in [0.4, 0.5) is 10.5 Å². The normalized spacial score (nSPS) is 10.6. The van der Waals surface area contributed by atoms with Gasteiger partial charge in [-0.05, 0) is 38.1 Å². The Kier molecular flexibility index (Phi) is 4.52. The number of hydrazine groups is 1. The number of fused-ring (bicyclic) bond motifs is 1. The smallest absolute Gasteiger partial charge is 0.425 e. The van der Waals surface area contributed by atoms with E-state index in [9.17, 15) is 4.79 Å². The number of aryl methyl sites for hydroxylation is 2. The minimum atomic E-state index is -0.564. The second kappa shape index (κ2) is 6.76. The Morgan fingerprint density at radius 3 is 2.60 bits per heavy atom. The molecule has 6 nitrogen and oxygen atoms in total. The molecule has 0 atom stereocenters. The van der Waals surface area contributed by atoms with Crippen LogP contribution >= 0.6 is 0 Å². The molecule has 0 saturated heterocycles. The van der Waals surface area contributed by atoms with Crippen LogP contribution in [-0.4, -0.2) is 25.3 Å². The van der Waals surface area contributed by atoms with Crippen molar-refractivity contribution in [3.05, 3.63) is 47.7 Å². The summed E-state index contributed by atoms with van der Waals surface area (Å²) in [7, 11) is 2.94. The zero-order valence-electron chi connectivity index (χ0n) is 14.7. The Hall–Kier alpha value is -3.15. The van der Waals surface area contributed by atoms with Crippen LogP contribution in [-0.2, 0) is 4.74 Å². The zero-order valence-corrected chi connectivity index (χ0v) is 14.7. The number of carbonyl (C=O) groups is 1. The van der Waals surface area contributed by atoms with E-state index >= 15 is 0 Å². The largest absolute Gasteiger partial charge is 0.496 e. The maximum absolute atomic E-state index is 11.2. The summed E-state index contributed by atoms with van der Waals surface area (Å²) < 4.78 is 10.1. The number of methoxy groups -OCH3 is 2. The first-order chi connectivity index (χ1) is 12.0. The van der Waals surface area contributed by atoms with Gasteiger partial charge in [0.25, 0.3) is 0 Å². The number of benzene rings is 2. The summed E-state index contributed by atoms with van der Waals surface area (Å²) in [6.07, 6.45) is -0.564. The van der Waals surface area contributed by atoms with Crippen LogP contribution in [0.5, 0.6) is 5.75 Å². The van der Waals surface area contributed by atoms with E-state index in [1.165, 1.54) is 12.7 Å². The molecule has 1 amide bonds. The van der Waals surface area contributed by atoms with Crippen LogP contribution in [0.3, 0.4) is 0 Å². The van der Waals surface area contributed by atoms with Crippen molar-refractivity contribution in [2.45, 2.75) is 13.8 Å². The molecule has 0 unspecified atom stereocenters. The zero-order chi connectivity index (χ0) is 18.0. The molecule has 1 aromatic heterocycles. The van der Waals surface area contributed by atoms with E-state index in [-0.39, 0.29) is 0 Å². The van der Waals surface area contributed by atoms with Gasteiger partial charge in [0.2, 0.25) is 0 Å². The van der Waals surface area contributed by atoms with E-state index < -0.39 is 6.09 Å². The van der Waals surface area contributed by atoms with Crippen LogP contribution in [0.15, 0.2) is 36.4 Å². The Morgan fingerprint density at radius 2 is 1.88 bits per heavy atom. The number of hydrogen-bond donors (Lipinski definition) is 3. The van der Waals surface area contributed by atoms with Gasteiger partial charge >= 0.3 is 6.09 Å². The first kappa shape index (κ1) is 16.7. The number of aromatic amines is 1. The third-order valence-electron chi connectivity index (χ3n) is 4.11. The number of amides is 1. The summed E-state index contributed by atoms with van der Waals surface area (Å²) in [4.78, 5) is 14.6. The van der Waals surface area contributed by atoms with Crippen molar-refractivity contribution in [1.29, 1.82) is 0 Å². The Balaban J connectivity index is 2.04. The van der Waals surface area contributed by atoms with Gasteiger partial charge in [-0.3, -0.25) is 5.43 Å². The Morgan fingerprint density at radius 1 is 1.08 bits per heavy atom. The van der Waals surface area contributed by atoms with Gasteiger partial charge in [-0.15, -0.1) is 0 Å². The van der Waals surface area contributed by atoms with Gasteiger partial charge in [-0.25, -0.2) is 10.2 Å². The minimum absolute atomic E-state index is 0.564. The molecule has 3 rings (SSSR count). The SMILES string of the molecule is COC(=O)NNc1ccc(-c2c(C)[nH]c3ccc(C)cc23)c(OC)c1. The quantitative estimate of drug-likeness (QED) is 0.624. The Bertz CT molecular complexity index is 931. The van der Waals surface area contributed by atoms with Gasteiger partial charge in [0, 0.05) is 33.8 Å². The molecule has 25 heavy (non-hydrogen) atoms. The molecule has 0 saturated carbocycles. The topological polar surface area (TPSA) is 75.4 Å². The van der Waals surface area contributed by atoms with E-state index in [4.69, 9.17) is 4.74 Å². The average Bonchev–Trinajstić information content (AvgIpc) is 2.94. The highest BCUT2D eigenvalue weighted by Crippen LogP contribution is 2.39. The van der Waals surface area contributed by atoms with Gasteiger partial charge in [0.1, 0.15) is 5.75 Å². The van der Waals surface area contributed by atoms with E-state index in [0.29, 0.717) is 11.4 Å². The molecule has 0 radical (unpaired) electrons. The summed E-state index contributed by atoms with van der Waals surface area (Å²) in [5, 5.41) is 1.16. The first-order valence-electron chi connectivity index (χ1n) is 7.90. The summed E-state index contributed by atoms with van der Waals surface area (Å²) in [5.41, 5.74) is 11.4. The molecule has 0 aliphatic heterocycles. The van der Waals surface area contributed by atoms with Gasteiger partial charge in [0.05, 0.1) is 19.9 Å². The molecule has 1 heterocycles. The molecule has 0 spiro atoms. The standard InChI is InChI=1S/C19H21N3O3/c1-11-5-8-16-15(9-11)18(12(2)20-16)14-7-6-13(10-17(14)24-3)21-22-19(23)25-4/h5-10,20-21H,1-4H3,(H,22,23). The third-order valence-corrected chi connectivity index (χ3v) is 4.11. The van der Waals surface area contributed by atoms with Gasteiger partial charge < -0.3 is 14.5 Å². The van der Waals surface area contributed by atoms with Crippen LogP contribution in [0.1, 0.15) is 11.3 Å². The van der Waals surface area contributed by atoms with Crippen LogP contribution in [0.2, 0.25) is 0 Å². The van der Waals surface area contributed by atoms with Crippen molar-refractivity contribution in [3.63, 3.8) is 0 Å². The molecular weight excluding hydrogens is 318 g/mol. The van der Waals surface area contributed by atoms with Gasteiger partial charge in [-0.1, -0.05) is 11.6 Å². The molecule has 0 bridgehead atoms. The van der Waals surface area contributed by atoms with Crippen LogP contribution in [0.25, 0.3) is 22.0 Å². The fourth-order valence-electron chi connectivity index (χ4n) is 2.94. The number of anilines is 1. The summed E-state index contributed by atoms with van der Waals surface area (Å²) in [5.74, 6) is 0.710. The maximum Gasteiger partial charge on any atom is 0.425 e.